The molecule has 2 N–H and O–H groups in total. The summed E-state index contributed by atoms with van der Waals surface area (Å²) in [5, 5.41) is 9.82. The third-order valence-corrected chi connectivity index (χ3v) is 4.89. The summed E-state index contributed by atoms with van der Waals surface area (Å²) < 4.78 is 3.32. The number of anilines is 2. The van der Waals surface area contributed by atoms with Crippen LogP contribution in [0.3, 0.4) is 0 Å². The van der Waals surface area contributed by atoms with Gasteiger partial charge < -0.3 is 10.6 Å². The number of rotatable bonds is 5. The van der Waals surface area contributed by atoms with Crippen molar-refractivity contribution in [3.05, 3.63) is 75.4 Å². The second-order valence-corrected chi connectivity index (χ2v) is 7.65. The van der Waals surface area contributed by atoms with Crippen LogP contribution in [0, 0.1) is 0 Å². The van der Waals surface area contributed by atoms with Gasteiger partial charge in [0, 0.05) is 26.5 Å². The molecular formula is C19H16Br2N4O2. The van der Waals surface area contributed by atoms with E-state index >= 15 is 0 Å². The lowest BCUT2D eigenvalue weighted by Gasteiger charge is -2.12. The van der Waals surface area contributed by atoms with Crippen LogP contribution in [0.25, 0.3) is 0 Å². The van der Waals surface area contributed by atoms with Crippen LogP contribution < -0.4 is 10.6 Å². The maximum atomic E-state index is 12.4. The van der Waals surface area contributed by atoms with E-state index in [1.807, 2.05) is 24.3 Å². The lowest BCUT2D eigenvalue weighted by atomic mass is 10.3. The molecule has 0 spiro atoms. The average molecular weight is 492 g/mol. The molecule has 2 amide bonds. The van der Waals surface area contributed by atoms with Crippen molar-refractivity contribution in [1.29, 1.82) is 0 Å². The fourth-order valence-corrected chi connectivity index (χ4v) is 2.83. The number of carbonyl (C=O) groups is 2. The Morgan fingerprint density at radius 1 is 0.889 bits per heavy atom. The number of hydrogen-bond acceptors (Lipinski definition) is 3. The Morgan fingerprint density at radius 3 is 1.96 bits per heavy atom. The molecule has 0 aliphatic rings. The van der Waals surface area contributed by atoms with Gasteiger partial charge in [-0.05, 0) is 61.5 Å². The standard InChI is InChI=1S/C19H16Br2N4O2/c1-12(18(26)22-15-6-2-13(20)3-7-15)25-11-10-17(24-25)19(27)23-16-8-4-14(21)5-9-16/h2-12H,1H3,(H,22,26)(H,23,27). The van der Waals surface area contributed by atoms with Gasteiger partial charge in [0.15, 0.2) is 5.69 Å². The topological polar surface area (TPSA) is 76.0 Å². The van der Waals surface area contributed by atoms with Crippen LogP contribution >= 0.6 is 31.9 Å². The second-order valence-electron chi connectivity index (χ2n) is 5.81. The first-order chi connectivity index (χ1) is 12.9. The number of nitrogens with one attached hydrogen (secondary N) is 2. The summed E-state index contributed by atoms with van der Waals surface area (Å²) in [6.07, 6.45) is 1.61. The highest BCUT2D eigenvalue weighted by atomic mass is 79.9. The third-order valence-electron chi connectivity index (χ3n) is 3.83. The Balaban J connectivity index is 1.64. The Kier molecular flexibility index (Phi) is 6.08. The first-order valence-corrected chi connectivity index (χ1v) is 9.69. The van der Waals surface area contributed by atoms with Gasteiger partial charge in [0.05, 0.1) is 0 Å². The largest absolute Gasteiger partial charge is 0.324 e. The summed E-state index contributed by atoms with van der Waals surface area (Å²) in [5.41, 5.74) is 1.59. The fraction of sp³-hybridized carbons (Fsp3) is 0.105. The van der Waals surface area contributed by atoms with Gasteiger partial charge in [-0.2, -0.15) is 5.10 Å². The van der Waals surface area contributed by atoms with Crippen molar-refractivity contribution in [3.8, 4) is 0 Å². The molecule has 27 heavy (non-hydrogen) atoms. The van der Waals surface area contributed by atoms with Gasteiger partial charge in [-0.3, -0.25) is 14.3 Å². The number of carbonyl (C=O) groups excluding carboxylic acids is 2. The molecule has 1 heterocycles. The number of benzene rings is 2. The minimum atomic E-state index is -0.567. The van der Waals surface area contributed by atoms with E-state index < -0.39 is 6.04 Å². The lowest BCUT2D eigenvalue weighted by molar-refractivity contribution is -0.119. The quantitative estimate of drug-likeness (QED) is 0.535. The highest BCUT2D eigenvalue weighted by Gasteiger charge is 2.18. The number of hydrogen-bond donors (Lipinski definition) is 2. The molecule has 1 unspecified atom stereocenters. The molecule has 0 saturated carbocycles. The van der Waals surface area contributed by atoms with Gasteiger partial charge in [0.1, 0.15) is 6.04 Å². The Bertz CT molecular complexity index is 953. The van der Waals surface area contributed by atoms with Gasteiger partial charge in [-0.15, -0.1) is 0 Å². The minimum Gasteiger partial charge on any atom is -0.324 e. The van der Waals surface area contributed by atoms with Crippen molar-refractivity contribution in [3.63, 3.8) is 0 Å². The summed E-state index contributed by atoms with van der Waals surface area (Å²) in [6.45, 7) is 1.72. The smallest absolute Gasteiger partial charge is 0.276 e. The molecule has 0 aliphatic carbocycles. The van der Waals surface area contributed by atoms with Crippen molar-refractivity contribution in [2.75, 3.05) is 10.6 Å². The van der Waals surface area contributed by atoms with Crippen molar-refractivity contribution in [2.45, 2.75) is 13.0 Å². The normalized spacial score (nSPS) is 11.7. The van der Waals surface area contributed by atoms with Gasteiger partial charge in [0.25, 0.3) is 5.91 Å². The van der Waals surface area contributed by atoms with E-state index in [2.05, 4.69) is 47.6 Å². The molecule has 8 heteroatoms. The Hall–Kier alpha value is -2.45. The van der Waals surface area contributed by atoms with Gasteiger partial charge in [-0.25, -0.2) is 0 Å². The van der Waals surface area contributed by atoms with Gasteiger partial charge >= 0.3 is 0 Å². The molecule has 3 aromatic rings. The van der Waals surface area contributed by atoms with E-state index in [9.17, 15) is 9.59 Å². The zero-order valence-electron chi connectivity index (χ0n) is 14.3. The van der Waals surface area contributed by atoms with E-state index in [4.69, 9.17) is 0 Å². The van der Waals surface area contributed by atoms with Crippen molar-refractivity contribution >= 4 is 55.0 Å². The van der Waals surface area contributed by atoms with Crippen LogP contribution in [0.15, 0.2) is 69.7 Å². The van der Waals surface area contributed by atoms with Gasteiger partial charge in [-0.1, -0.05) is 31.9 Å². The molecule has 1 atom stereocenters. The first kappa shape index (κ1) is 19.3. The fourth-order valence-electron chi connectivity index (χ4n) is 2.30. The molecule has 3 rings (SSSR count). The number of halogens is 2. The van der Waals surface area contributed by atoms with E-state index in [1.54, 1.807) is 43.5 Å². The molecule has 0 aliphatic heterocycles. The monoisotopic (exact) mass is 490 g/mol. The van der Waals surface area contributed by atoms with Crippen LogP contribution in [0.2, 0.25) is 0 Å². The highest BCUT2D eigenvalue weighted by Crippen LogP contribution is 2.17. The second kappa shape index (κ2) is 8.49. The molecule has 2 aromatic carbocycles. The molecule has 138 valence electrons. The SMILES string of the molecule is CC(C(=O)Nc1ccc(Br)cc1)n1ccc(C(=O)Nc2ccc(Br)cc2)n1. The van der Waals surface area contributed by atoms with E-state index in [1.165, 1.54) is 4.68 Å². The predicted octanol–water partition coefficient (Wildman–Crippen LogP) is 4.86. The molecule has 0 fully saturated rings. The highest BCUT2D eigenvalue weighted by molar-refractivity contribution is 9.10. The maximum absolute atomic E-state index is 12.4. The predicted molar refractivity (Wildman–Crippen MR) is 112 cm³/mol. The number of aromatic nitrogens is 2. The summed E-state index contributed by atoms with van der Waals surface area (Å²) in [7, 11) is 0. The third kappa shape index (κ3) is 5.05. The van der Waals surface area contributed by atoms with Crippen LogP contribution in [0.1, 0.15) is 23.5 Å². The molecule has 0 radical (unpaired) electrons. The lowest BCUT2D eigenvalue weighted by Crippen LogP contribution is -2.24. The number of amides is 2. The summed E-state index contributed by atoms with van der Waals surface area (Å²) in [5.74, 6) is -0.558. The molecule has 6 nitrogen and oxygen atoms in total. The van der Waals surface area contributed by atoms with Crippen molar-refractivity contribution in [1.82, 2.24) is 9.78 Å². The van der Waals surface area contributed by atoms with Crippen molar-refractivity contribution < 1.29 is 9.59 Å². The molecule has 1 aromatic heterocycles. The first-order valence-electron chi connectivity index (χ1n) is 8.11. The zero-order chi connectivity index (χ0) is 19.4. The Morgan fingerprint density at radius 2 is 1.41 bits per heavy atom. The minimum absolute atomic E-state index is 0.222. The Labute approximate surface area is 173 Å². The van der Waals surface area contributed by atoms with E-state index in [0.717, 1.165) is 8.95 Å². The maximum Gasteiger partial charge on any atom is 0.276 e. The van der Waals surface area contributed by atoms with Crippen LogP contribution in [0.4, 0.5) is 11.4 Å². The molecule has 0 bridgehead atoms. The van der Waals surface area contributed by atoms with Crippen LogP contribution in [0.5, 0.6) is 0 Å². The van der Waals surface area contributed by atoms with Crippen molar-refractivity contribution in [2.24, 2.45) is 0 Å². The van der Waals surface area contributed by atoms with Gasteiger partial charge in [0.2, 0.25) is 5.91 Å². The van der Waals surface area contributed by atoms with E-state index in [0.29, 0.717) is 11.4 Å². The number of nitrogens with zero attached hydrogens (tertiary/aromatic N) is 2. The molecule has 0 saturated heterocycles. The summed E-state index contributed by atoms with van der Waals surface area (Å²) in [4.78, 5) is 24.7. The van der Waals surface area contributed by atoms with Crippen LogP contribution in [-0.4, -0.2) is 21.6 Å². The molecular weight excluding hydrogens is 476 g/mol. The van der Waals surface area contributed by atoms with Crippen LogP contribution in [-0.2, 0) is 4.79 Å². The van der Waals surface area contributed by atoms with E-state index in [-0.39, 0.29) is 17.5 Å². The summed E-state index contributed by atoms with van der Waals surface area (Å²) >= 11 is 6.70. The zero-order valence-corrected chi connectivity index (χ0v) is 17.5. The average Bonchev–Trinajstić information content (AvgIpc) is 3.15. The summed E-state index contributed by atoms with van der Waals surface area (Å²) in [6, 6.07) is 15.5.